The molecule has 0 spiro atoms. The monoisotopic (exact) mass is 358 g/mol. The third-order valence-corrected chi connectivity index (χ3v) is 5.25. The number of anilines is 2. The molecule has 4 rings (SSSR count). The van der Waals surface area contributed by atoms with E-state index in [2.05, 4.69) is 9.71 Å². The first-order chi connectivity index (χ1) is 11.9. The lowest BCUT2D eigenvalue weighted by Gasteiger charge is -2.33. The summed E-state index contributed by atoms with van der Waals surface area (Å²) in [6, 6.07) is 6.95. The Morgan fingerprint density at radius 2 is 2.04 bits per heavy atom. The van der Waals surface area contributed by atoms with Crippen LogP contribution in [0.25, 0.3) is 0 Å². The second-order valence-corrected chi connectivity index (χ2v) is 7.53. The number of amides is 2. The minimum absolute atomic E-state index is 0.0993. The van der Waals surface area contributed by atoms with E-state index in [1.165, 1.54) is 11.0 Å². The maximum atomic E-state index is 13.1. The van der Waals surface area contributed by atoms with Crippen molar-refractivity contribution in [1.29, 1.82) is 0 Å². The maximum absolute atomic E-state index is 13.1. The van der Waals surface area contributed by atoms with Crippen molar-refractivity contribution in [2.24, 2.45) is 4.40 Å². The summed E-state index contributed by atoms with van der Waals surface area (Å²) >= 11 is 0. The third-order valence-electron chi connectivity index (χ3n) is 4.10. The normalized spacial score (nSPS) is 20.9. The summed E-state index contributed by atoms with van der Waals surface area (Å²) in [5, 5.41) is 2.71. The van der Waals surface area contributed by atoms with Crippen molar-refractivity contribution in [3.8, 4) is 0 Å². The zero-order chi connectivity index (χ0) is 17.6. The molecule has 8 nitrogen and oxygen atoms in total. The van der Waals surface area contributed by atoms with E-state index < -0.39 is 15.9 Å². The Balaban J connectivity index is 1.76. The minimum atomic E-state index is -3.60. The predicted octanol–water partition coefficient (Wildman–Crippen LogP) is 0.469. The topological polar surface area (TPSA) is 99.2 Å². The average Bonchev–Trinajstić information content (AvgIpc) is 2.59. The lowest BCUT2D eigenvalue weighted by Crippen LogP contribution is -2.47. The van der Waals surface area contributed by atoms with Crippen molar-refractivity contribution in [3.05, 3.63) is 48.2 Å². The smallest absolute Gasteiger partial charge is 0.262 e. The third kappa shape index (κ3) is 2.72. The SMILES string of the molecule is O=C1CN(C(=O)C2=CC=CN3CCS(=O)(=O)N=C23)c2ccccc2N1. The number of fused-ring (bicyclic) bond motifs is 2. The second-order valence-electron chi connectivity index (χ2n) is 5.77. The van der Waals surface area contributed by atoms with Crippen molar-refractivity contribution >= 4 is 39.0 Å². The molecular weight excluding hydrogens is 344 g/mol. The Kier molecular flexibility index (Phi) is 3.46. The Labute approximate surface area is 144 Å². The molecule has 0 aliphatic carbocycles. The predicted molar refractivity (Wildman–Crippen MR) is 92.6 cm³/mol. The summed E-state index contributed by atoms with van der Waals surface area (Å²) in [6.07, 6.45) is 4.87. The molecule has 0 aromatic heterocycles. The number of carbonyl (C=O) groups excluding carboxylic acids is 2. The van der Waals surface area contributed by atoms with Crippen LogP contribution in [0.15, 0.2) is 52.6 Å². The van der Waals surface area contributed by atoms with Crippen LogP contribution in [-0.4, -0.2) is 49.8 Å². The molecule has 0 saturated heterocycles. The first kappa shape index (κ1) is 15.6. The van der Waals surface area contributed by atoms with Gasteiger partial charge in [-0.1, -0.05) is 12.1 Å². The minimum Gasteiger partial charge on any atom is -0.331 e. The molecule has 0 saturated carbocycles. The summed E-state index contributed by atoms with van der Waals surface area (Å²) in [5.41, 5.74) is 1.25. The molecule has 1 N–H and O–H groups in total. The summed E-state index contributed by atoms with van der Waals surface area (Å²) in [4.78, 5) is 28.0. The number of hydrogen-bond acceptors (Lipinski definition) is 5. The highest BCUT2D eigenvalue weighted by atomic mass is 32.2. The molecular formula is C16H14N4O4S. The van der Waals surface area contributed by atoms with Crippen LogP contribution in [0, 0.1) is 0 Å². The molecule has 0 unspecified atom stereocenters. The van der Waals surface area contributed by atoms with E-state index in [4.69, 9.17) is 0 Å². The summed E-state index contributed by atoms with van der Waals surface area (Å²) < 4.78 is 27.4. The summed E-state index contributed by atoms with van der Waals surface area (Å²) in [7, 11) is -3.60. The van der Waals surface area contributed by atoms with Gasteiger partial charge in [0.25, 0.3) is 15.9 Å². The van der Waals surface area contributed by atoms with Crippen LogP contribution in [0.1, 0.15) is 0 Å². The molecule has 1 aromatic rings. The molecule has 0 radical (unpaired) electrons. The number of allylic oxidation sites excluding steroid dienone is 2. The van der Waals surface area contributed by atoms with Gasteiger partial charge in [0.05, 0.1) is 22.7 Å². The zero-order valence-electron chi connectivity index (χ0n) is 13.0. The summed E-state index contributed by atoms with van der Waals surface area (Å²) in [6.45, 7) is 0.0935. The van der Waals surface area contributed by atoms with E-state index in [9.17, 15) is 18.0 Å². The molecule has 0 atom stereocenters. The number of benzene rings is 1. The maximum Gasteiger partial charge on any atom is 0.262 e. The van der Waals surface area contributed by atoms with Crippen molar-refractivity contribution in [1.82, 2.24) is 4.90 Å². The molecule has 25 heavy (non-hydrogen) atoms. The Bertz CT molecular complexity index is 978. The number of nitrogens with zero attached hydrogens (tertiary/aromatic N) is 3. The number of nitrogens with one attached hydrogen (secondary N) is 1. The fraction of sp³-hybridized carbons (Fsp3) is 0.188. The van der Waals surface area contributed by atoms with Gasteiger partial charge in [0, 0.05) is 12.7 Å². The average molecular weight is 358 g/mol. The van der Waals surface area contributed by atoms with Crippen LogP contribution in [-0.2, 0) is 19.6 Å². The number of para-hydroxylation sites is 2. The fourth-order valence-electron chi connectivity index (χ4n) is 2.94. The van der Waals surface area contributed by atoms with Crippen molar-refractivity contribution < 1.29 is 18.0 Å². The molecule has 128 valence electrons. The van der Waals surface area contributed by atoms with Gasteiger partial charge >= 0.3 is 0 Å². The molecule has 1 aromatic carbocycles. The van der Waals surface area contributed by atoms with Crippen molar-refractivity contribution in [3.63, 3.8) is 0 Å². The lowest BCUT2D eigenvalue weighted by molar-refractivity contribution is -0.119. The Morgan fingerprint density at radius 1 is 1.24 bits per heavy atom. The lowest BCUT2D eigenvalue weighted by atomic mass is 10.1. The fourth-order valence-corrected chi connectivity index (χ4v) is 3.93. The van der Waals surface area contributed by atoms with Crippen molar-refractivity contribution in [2.45, 2.75) is 0 Å². The molecule has 0 fully saturated rings. The highest BCUT2D eigenvalue weighted by Crippen LogP contribution is 2.31. The van der Waals surface area contributed by atoms with E-state index in [1.807, 2.05) is 0 Å². The van der Waals surface area contributed by atoms with E-state index in [0.29, 0.717) is 11.4 Å². The molecule has 3 aliphatic rings. The van der Waals surface area contributed by atoms with Gasteiger partial charge in [0.2, 0.25) is 5.91 Å². The van der Waals surface area contributed by atoms with Crippen LogP contribution in [0.4, 0.5) is 11.4 Å². The molecule has 2 amide bonds. The van der Waals surface area contributed by atoms with Gasteiger partial charge in [0.15, 0.2) is 5.84 Å². The van der Waals surface area contributed by atoms with Crippen LogP contribution in [0.5, 0.6) is 0 Å². The van der Waals surface area contributed by atoms with Gasteiger partial charge in [-0.15, -0.1) is 4.40 Å². The molecule has 0 bridgehead atoms. The van der Waals surface area contributed by atoms with Gasteiger partial charge in [-0.2, -0.15) is 0 Å². The second kappa shape index (κ2) is 5.55. The van der Waals surface area contributed by atoms with Gasteiger partial charge in [-0.25, -0.2) is 8.42 Å². The van der Waals surface area contributed by atoms with Crippen molar-refractivity contribution in [2.75, 3.05) is 29.1 Å². The van der Waals surface area contributed by atoms with Gasteiger partial charge in [-0.05, 0) is 24.3 Å². The quantitative estimate of drug-likeness (QED) is 0.787. The molecule has 3 aliphatic heterocycles. The zero-order valence-corrected chi connectivity index (χ0v) is 13.9. The van der Waals surface area contributed by atoms with E-state index >= 15 is 0 Å². The molecule has 3 heterocycles. The summed E-state index contributed by atoms with van der Waals surface area (Å²) in [5.74, 6) is -0.777. The highest BCUT2D eigenvalue weighted by Gasteiger charge is 2.35. The van der Waals surface area contributed by atoms with Gasteiger partial charge in [-0.3, -0.25) is 14.5 Å². The molecule has 9 heteroatoms. The van der Waals surface area contributed by atoms with E-state index in [1.54, 1.807) is 41.4 Å². The van der Waals surface area contributed by atoms with E-state index in [-0.39, 0.29) is 36.2 Å². The Hall–Kier alpha value is -2.94. The number of carbonyl (C=O) groups is 2. The number of rotatable bonds is 1. The first-order valence-electron chi connectivity index (χ1n) is 7.63. The van der Waals surface area contributed by atoms with E-state index in [0.717, 1.165) is 0 Å². The number of hydrogen-bond donors (Lipinski definition) is 1. The first-order valence-corrected chi connectivity index (χ1v) is 9.24. The number of sulfonamides is 1. The Morgan fingerprint density at radius 3 is 2.88 bits per heavy atom. The van der Waals surface area contributed by atoms with Crippen LogP contribution in [0.2, 0.25) is 0 Å². The highest BCUT2D eigenvalue weighted by molar-refractivity contribution is 7.90. The largest absolute Gasteiger partial charge is 0.331 e. The van der Waals surface area contributed by atoms with Gasteiger partial charge < -0.3 is 10.2 Å². The van der Waals surface area contributed by atoms with Crippen LogP contribution >= 0.6 is 0 Å². The standard InChI is InChI=1S/C16H14N4O4S/c21-14-10-20(13-6-2-1-5-12(13)17-14)16(22)11-4-3-7-19-8-9-25(23,24)18-15(11)19/h1-7H,8-10H2,(H,17,21). The van der Waals surface area contributed by atoms with Crippen LogP contribution < -0.4 is 10.2 Å². The van der Waals surface area contributed by atoms with Crippen LogP contribution in [0.3, 0.4) is 0 Å². The van der Waals surface area contributed by atoms with Gasteiger partial charge in [0.1, 0.15) is 6.54 Å². The number of amidine groups is 1.